The van der Waals surface area contributed by atoms with Crippen molar-refractivity contribution in [3.63, 3.8) is 0 Å². The third-order valence-electron chi connectivity index (χ3n) is 6.43. The van der Waals surface area contributed by atoms with Crippen LogP contribution in [0.15, 0.2) is 29.3 Å². The number of nitrogens with one attached hydrogen (secondary N) is 1. The lowest BCUT2D eigenvalue weighted by molar-refractivity contribution is 0.0696. The molecule has 8 nitrogen and oxygen atoms in total. The number of imidazole rings is 1. The van der Waals surface area contributed by atoms with Crippen molar-refractivity contribution in [3.05, 3.63) is 46.9 Å². The summed E-state index contributed by atoms with van der Waals surface area (Å²) in [6, 6.07) is 6.75. The average Bonchev–Trinajstić information content (AvgIpc) is 3.50. The molecule has 1 aromatic heterocycles. The number of carboxylic acid groups (broad SMARTS) is 1. The molecule has 2 aliphatic heterocycles. The Balaban J connectivity index is 1.46. The molecule has 1 aliphatic carbocycles. The van der Waals surface area contributed by atoms with Crippen LogP contribution in [0.1, 0.15) is 72.4 Å². The van der Waals surface area contributed by atoms with Crippen LogP contribution in [-0.4, -0.2) is 56.9 Å². The first-order valence-corrected chi connectivity index (χ1v) is 11.1. The number of amides is 2. The van der Waals surface area contributed by atoms with E-state index in [-0.39, 0.29) is 17.6 Å². The number of benzene rings is 1. The Hall–Kier alpha value is -3.16. The second kappa shape index (κ2) is 7.83. The number of nitrogens with zero attached hydrogens (tertiary/aromatic N) is 4. The number of aromatic amines is 1. The fourth-order valence-electron chi connectivity index (χ4n) is 4.95. The second-order valence-corrected chi connectivity index (χ2v) is 8.66. The maximum absolute atomic E-state index is 13.3. The van der Waals surface area contributed by atoms with Gasteiger partial charge in [-0.25, -0.2) is 14.6 Å². The number of carboxylic acids is 1. The van der Waals surface area contributed by atoms with E-state index in [0.717, 1.165) is 36.3 Å². The Morgan fingerprint density at radius 1 is 1.29 bits per heavy atom. The molecular formula is C23H27N5O3. The van der Waals surface area contributed by atoms with Crippen molar-refractivity contribution in [2.45, 2.75) is 57.4 Å². The summed E-state index contributed by atoms with van der Waals surface area (Å²) in [5, 5.41) is 9.26. The monoisotopic (exact) mass is 421 g/mol. The normalized spacial score (nSPS) is 20.7. The lowest BCUT2D eigenvalue weighted by atomic mass is 10.0. The van der Waals surface area contributed by atoms with E-state index >= 15 is 0 Å². The minimum absolute atomic E-state index is 0.0700. The van der Waals surface area contributed by atoms with E-state index in [9.17, 15) is 14.7 Å². The van der Waals surface area contributed by atoms with Gasteiger partial charge in [0.2, 0.25) is 0 Å². The van der Waals surface area contributed by atoms with Crippen LogP contribution in [0.3, 0.4) is 0 Å². The number of carbonyl (C=O) groups excluding carboxylic acids is 1. The quantitative estimate of drug-likeness (QED) is 0.741. The highest BCUT2D eigenvalue weighted by Crippen LogP contribution is 2.37. The molecule has 2 amide bonds. The standard InChI is InChI=1S/C23H27N5O3/c1-2-10-27-21-18(25-19(26-21)15-7-3-4-8-15)20-24-17(13-28(20)23(27)31)12-14-6-5-9-16(11-14)22(29)30/h5-6,9,11,15,17H,2-4,7-8,10,12-13H2,1H3,(H,25,26)(H,29,30). The molecule has 3 heterocycles. The maximum Gasteiger partial charge on any atom is 0.335 e. The van der Waals surface area contributed by atoms with Gasteiger partial charge in [0.15, 0.2) is 11.7 Å². The summed E-state index contributed by atoms with van der Waals surface area (Å²) >= 11 is 0. The molecule has 1 unspecified atom stereocenters. The van der Waals surface area contributed by atoms with Crippen LogP contribution in [0.2, 0.25) is 0 Å². The number of hydrogen-bond donors (Lipinski definition) is 2. The number of aromatic nitrogens is 2. The minimum Gasteiger partial charge on any atom is -0.478 e. The molecule has 31 heavy (non-hydrogen) atoms. The summed E-state index contributed by atoms with van der Waals surface area (Å²) in [4.78, 5) is 41.3. The first-order chi connectivity index (χ1) is 15.0. The fourth-order valence-corrected chi connectivity index (χ4v) is 4.95. The van der Waals surface area contributed by atoms with Gasteiger partial charge in [0.05, 0.1) is 18.2 Å². The molecule has 5 rings (SSSR count). The third-order valence-corrected chi connectivity index (χ3v) is 6.43. The van der Waals surface area contributed by atoms with Crippen molar-refractivity contribution in [1.82, 2.24) is 14.9 Å². The molecule has 1 saturated carbocycles. The highest BCUT2D eigenvalue weighted by molar-refractivity contribution is 6.18. The van der Waals surface area contributed by atoms with Crippen LogP contribution in [0.5, 0.6) is 0 Å². The van der Waals surface area contributed by atoms with Gasteiger partial charge >= 0.3 is 12.0 Å². The summed E-state index contributed by atoms with van der Waals surface area (Å²) in [5.74, 6) is 1.83. The average molecular weight is 422 g/mol. The molecule has 3 aliphatic rings. The van der Waals surface area contributed by atoms with Crippen LogP contribution >= 0.6 is 0 Å². The van der Waals surface area contributed by atoms with Crippen molar-refractivity contribution in [2.24, 2.45) is 4.99 Å². The number of aliphatic imine (C=N–C) groups is 1. The summed E-state index contributed by atoms with van der Waals surface area (Å²) in [7, 11) is 0. The van der Waals surface area contributed by atoms with E-state index < -0.39 is 5.97 Å². The number of aromatic carboxylic acids is 1. The first kappa shape index (κ1) is 19.8. The number of fused-ring (bicyclic) bond motifs is 3. The van der Waals surface area contributed by atoms with Crippen LogP contribution in [0.4, 0.5) is 10.6 Å². The number of hydrogen-bond acceptors (Lipinski definition) is 4. The molecule has 8 heteroatoms. The lowest BCUT2D eigenvalue weighted by Crippen LogP contribution is -2.50. The van der Waals surface area contributed by atoms with Crippen LogP contribution in [0.25, 0.3) is 0 Å². The predicted octanol–water partition coefficient (Wildman–Crippen LogP) is 3.79. The number of carbonyl (C=O) groups is 2. The molecule has 2 N–H and O–H groups in total. The van der Waals surface area contributed by atoms with E-state index in [1.165, 1.54) is 12.8 Å². The van der Waals surface area contributed by atoms with Gasteiger partial charge in [0.1, 0.15) is 11.5 Å². The highest BCUT2D eigenvalue weighted by atomic mass is 16.4. The van der Waals surface area contributed by atoms with Crippen molar-refractivity contribution < 1.29 is 14.7 Å². The lowest BCUT2D eigenvalue weighted by Gasteiger charge is -2.32. The Morgan fingerprint density at radius 3 is 2.84 bits per heavy atom. The van der Waals surface area contributed by atoms with Crippen molar-refractivity contribution in [3.8, 4) is 0 Å². The SMILES string of the molecule is CCCN1C(=O)N2CC(Cc3cccc(C(=O)O)c3)N=C2c2[nH]c(C3CCCC3)nc21. The predicted molar refractivity (Wildman–Crippen MR) is 117 cm³/mol. The summed E-state index contributed by atoms with van der Waals surface area (Å²) in [5.41, 5.74) is 2.02. The molecule has 1 atom stereocenters. The van der Waals surface area contributed by atoms with Crippen molar-refractivity contribution >= 4 is 23.7 Å². The van der Waals surface area contributed by atoms with Gasteiger partial charge in [-0.3, -0.25) is 14.8 Å². The molecule has 1 aromatic carbocycles. The van der Waals surface area contributed by atoms with Gasteiger partial charge in [0.25, 0.3) is 0 Å². The fraction of sp³-hybridized carbons (Fsp3) is 0.478. The van der Waals surface area contributed by atoms with Gasteiger partial charge < -0.3 is 10.1 Å². The Morgan fingerprint density at radius 2 is 2.10 bits per heavy atom. The van der Waals surface area contributed by atoms with Gasteiger partial charge in [-0.2, -0.15) is 0 Å². The van der Waals surface area contributed by atoms with Crippen molar-refractivity contribution in [1.29, 1.82) is 0 Å². The minimum atomic E-state index is -0.941. The van der Waals surface area contributed by atoms with E-state index in [4.69, 9.17) is 9.98 Å². The number of rotatable bonds is 6. The smallest absolute Gasteiger partial charge is 0.335 e. The van der Waals surface area contributed by atoms with Crippen LogP contribution < -0.4 is 4.90 Å². The Bertz CT molecular complexity index is 1050. The number of anilines is 1. The zero-order chi connectivity index (χ0) is 21.5. The zero-order valence-electron chi connectivity index (χ0n) is 17.7. The van der Waals surface area contributed by atoms with Crippen LogP contribution in [-0.2, 0) is 6.42 Å². The largest absolute Gasteiger partial charge is 0.478 e. The number of urea groups is 1. The molecule has 2 aromatic rings. The number of amidine groups is 1. The highest BCUT2D eigenvalue weighted by Gasteiger charge is 2.42. The summed E-state index contributed by atoms with van der Waals surface area (Å²) < 4.78 is 0. The third kappa shape index (κ3) is 3.49. The summed E-state index contributed by atoms with van der Waals surface area (Å²) in [6.07, 6.45) is 6.14. The Kier molecular flexibility index (Phi) is 5.00. The molecule has 0 spiro atoms. The van der Waals surface area contributed by atoms with Crippen molar-refractivity contribution in [2.75, 3.05) is 18.0 Å². The topological polar surface area (TPSA) is 102 Å². The Labute approximate surface area is 181 Å². The molecule has 0 bridgehead atoms. The first-order valence-electron chi connectivity index (χ1n) is 11.1. The van der Waals surface area contributed by atoms with Gasteiger partial charge in [-0.15, -0.1) is 0 Å². The van der Waals surface area contributed by atoms with E-state index in [1.54, 1.807) is 28.0 Å². The molecule has 0 saturated heterocycles. The number of H-pyrrole nitrogens is 1. The van der Waals surface area contributed by atoms with Gasteiger partial charge in [-0.05, 0) is 43.4 Å². The molecule has 0 radical (unpaired) electrons. The summed E-state index contributed by atoms with van der Waals surface area (Å²) in [6.45, 7) is 3.17. The van der Waals surface area contributed by atoms with Gasteiger partial charge in [0, 0.05) is 12.5 Å². The van der Waals surface area contributed by atoms with Crippen LogP contribution in [0, 0.1) is 0 Å². The van der Waals surface area contributed by atoms with Gasteiger partial charge in [-0.1, -0.05) is 31.9 Å². The van der Waals surface area contributed by atoms with E-state index in [1.807, 2.05) is 6.07 Å². The van der Waals surface area contributed by atoms with E-state index in [0.29, 0.717) is 37.1 Å². The second-order valence-electron chi connectivity index (χ2n) is 8.66. The maximum atomic E-state index is 13.3. The molecule has 162 valence electrons. The van der Waals surface area contributed by atoms with E-state index in [2.05, 4.69) is 11.9 Å². The molecule has 1 fully saturated rings. The zero-order valence-corrected chi connectivity index (χ0v) is 17.7. The molecular weight excluding hydrogens is 394 g/mol.